The number of ether oxygens (including phenoxy) is 1. The van der Waals surface area contributed by atoms with E-state index in [0.29, 0.717) is 23.6 Å². The van der Waals surface area contributed by atoms with Crippen LogP contribution in [-0.4, -0.2) is 36.5 Å². The molecule has 114 valence electrons. The largest absolute Gasteiger partial charge is 0.467 e. The minimum atomic E-state index is -0.472. The average Bonchev–Trinajstić information content (AvgIpc) is 3.14. The Kier molecular flexibility index (Phi) is 3.84. The summed E-state index contributed by atoms with van der Waals surface area (Å²) in [6.45, 7) is 0.614. The molecular formula is C17H18N2O3. The van der Waals surface area contributed by atoms with Gasteiger partial charge in [-0.15, -0.1) is 0 Å². The first-order valence-corrected chi connectivity index (χ1v) is 7.54. The fourth-order valence-electron chi connectivity index (χ4n) is 3.79. The van der Waals surface area contributed by atoms with E-state index in [-0.39, 0.29) is 17.8 Å². The zero-order chi connectivity index (χ0) is 15.7. The molecule has 0 spiro atoms. The molecular weight excluding hydrogens is 280 g/mol. The van der Waals surface area contributed by atoms with Crippen LogP contribution in [0.25, 0.3) is 0 Å². The molecule has 5 heteroatoms. The number of rotatable bonds is 2. The molecule has 1 saturated heterocycles. The molecule has 0 unspecified atom stereocenters. The number of benzene rings is 1. The van der Waals surface area contributed by atoms with Gasteiger partial charge in [0.15, 0.2) is 0 Å². The summed E-state index contributed by atoms with van der Waals surface area (Å²) in [6, 6.07) is 8.09. The lowest BCUT2D eigenvalue weighted by Crippen LogP contribution is -2.43. The number of nitrogens with zero attached hydrogens (tertiary/aromatic N) is 2. The smallest absolute Gasteiger partial charge is 0.328 e. The van der Waals surface area contributed by atoms with E-state index in [2.05, 4.69) is 0 Å². The monoisotopic (exact) mass is 298 g/mol. The van der Waals surface area contributed by atoms with Crippen molar-refractivity contribution < 1.29 is 14.3 Å². The Balaban J connectivity index is 1.86. The second-order valence-electron chi connectivity index (χ2n) is 5.97. The molecule has 1 aromatic rings. The number of hydrogen-bond donors (Lipinski definition) is 0. The van der Waals surface area contributed by atoms with E-state index in [0.717, 1.165) is 19.3 Å². The van der Waals surface area contributed by atoms with E-state index >= 15 is 0 Å². The van der Waals surface area contributed by atoms with E-state index in [1.54, 1.807) is 29.2 Å². The van der Waals surface area contributed by atoms with Gasteiger partial charge in [0.05, 0.1) is 18.7 Å². The average molecular weight is 298 g/mol. The molecule has 1 saturated carbocycles. The van der Waals surface area contributed by atoms with Gasteiger partial charge in [0.2, 0.25) is 0 Å². The first-order valence-electron chi connectivity index (χ1n) is 7.54. The summed E-state index contributed by atoms with van der Waals surface area (Å²) in [5.74, 6) is 0.131. The van der Waals surface area contributed by atoms with Crippen molar-refractivity contribution in [1.29, 1.82) is 5.26 Å². The molecule has 5 nitrogen and oxygen atoms in total. The van der Waals surface area contributed by atoms with Gasteiger partial charge in [-0.1, -0.05) is 6.42 Å². The van der Waals surface area contributed by atoms with Crippen LogP contribution in [0.3, 0.4) is 0 Å². The Hall–Kier alpha value is -2.35. The van der Waals surface area contributed by atoms with Gasteiger partial charge < -0.3 is 9.64 Å². The highest BCUT2D eigenvalue weighted by molar-refractivity contribution is 5.97. The van der Waals surface area contributed by atoms with Crippen LogP contribution in [0.2, 0.25) is 0 Å². The number of fused-ring (bicyclic) bond motifs is 1. The zero-order valence-electron chi connectivity index (χ0n) is 12.5. The van der Waals surface area contributed by atoms with Crippen molar-refractivity contribution in [1.82, 2.24) is 4.90 Å². The summed E-state index contributed by atoms with van der Waals surface area (Å²) in [7, 11) is 1.37. The molecule has 0 radical (unpaired) electrons. The van der Waals surface area contributed by atoms with Crippen molar-refractivity contribution in [3.05, 3.63) is 35.4 Å². The van der Waals surface area contributed by atoms with Gasteiger partial charge in [-0.2, -0.15) is 5.26 Å². The second kappa shape index (κ2) is 5.80. The number of esters is 1. The lowest BCUT2D eigenvalue weighted by atomic mass is 9.94. The maximum atomic E-state index is 12.7. The summed E-state index contributed by atoms with van der Waals surface area (Å²) >= 11 is 0. The SMILES string of the molecule is COC(=O)[C@@H]1[C@H]2CCC[C@H]2CN1C(=O)c1ccc(C#N)cc1. The van der Waals surface area contributed by atoms with Crippen molar-refractivity contribution in [2.75, 3.05) is 13.7 Å². The van der Waals surface area contributed by atoms with E-state index in [1.165, 1.54) is 7.11 Å². The van der Waals surface area contributed by atoms with Crippen LogP contribution in [0.4, 0.5) is 0 Å². The first kappa shape index (κ1) is 14.6. The van der Waals surface area contributed by atoms with Gasteiger partial charge >= 0.3 is 5.97 Å². The third-order valence-corrected chi connectivity index (χ3v) is 4.85. The van der Waals surface area contributed by atoms with Crippen LogP contribution in [-0.2, 0) is 9.53 Å². The normalized spacial score (nSPS) is 26.4. The Morgan fingerprint density at radius 2 is 2.00 bits per heavy atom. The molecule has 0 bridgehead atoms. The fourth-order valence-corrected chi connectivity index (χ4v) is 3.79. The van der Waals surface area contributed by atoms with E-state index in [9.17, 15) is 9.59 Å². The van der Waals surface area contributed by atoms with E-state index < -0.39 is 6.04 Å². The van der Waals surface area contributed by atoms with Gasteiger partial charge in [-0.3, -0.25) is 4.79 Å². The summed E-state index contributed by atoms with van der Waals surface area (Å²) in [4.78, 5) is 26.5. The van der Waals surface area contributed by atoms with Gasteiger partial charge in [0.1, 0.15) is 6.04 Å². The number of hydrogen-bond acceptors (Lipinski definition) is 4. The molecule has 1 aliphatic heterocycles. The van der Waals surface area contributed by atoms with E-state index in [4.69, 9.17) is 10.00 Å². The zero-order valence-corrected chi connectivity index (χ0v) is 12.5. The Labute approximate surface area is 129 Å². The molecule has 1 aliphatic carbocycles. The predicted octanol–water partition coefficient (Wildman–Crippen LogP) is 1.97. The number of carbonyl (C=O) groups is 2. The molecule has 1 amide bonds. The van der Waals surface area contributed by atoms with E-state index in [1.807, 2.05) is 6.07 Å². The second-order valence-corrected chi connectivity index (χ2v) is 5.97. The van der Waals surface area contributed by atoms with Crippen LogP contribution in [0.5, 0.6) is 0 Å². The molecule has 2 fully saturated rings. The molecule has 0 aromatic heterocycles. The van der Waals surface area contributed by atoms with Crippen LogP contribution < -0.4 is 0 Å². The molecule has 3 atom stereocenters. The van der Waals surface area contributed by atoms with Crippen LogP contribution in [0.1, 0.15) is 35.2 Å². The van der Waals surface area contributed by atoms with Gasteiger partial charge in [-0.05, 0) is 48.9 Å². The first-order chi connectivity index (χ1) is 10.7. The molecule has 2 aliphatic rings. The topological polar surface area (TPSA) is 70.4 Å². The maximum absolute atomic E-state index is 12.7. The molecule has 1 heterocycles. The van der Waals surface area contributed by atoms with Gasteiger partial charge in [-0.25, -0.2) is 4.79 Å². The molecule has 0 N–H and O–H groups in total. The van der Waals surface area contributed by atoms with Gasteiger partial charge in [0.25, 0.3) is 5.91 Å². The highest BCUT2D eigenvalue weighted by Crippen LogP contribution is 2.43. The van der Waals surface area contributed by atoms with Gasteiger partial charge in [0, 0.05) is 12.1 Å². The lowest BCUT2D eigenvalue weighted by Gasteiger charge is -2.25. The number of likely N-dealkylation sites (tertiary alicyclic amines) is 1. The predicted molar refractivity (Wildman–Crippen MR) is 78.8 cm³/mol. The summed E-state index contributed by atoms with van der Waals surface area (Å²) in [6.07, 6.45) is 3.15. The maximum Gasteiger partial charge on any atom is 0.328 e. The standard InChI is InChI=1S/C17H18N2O3/c1-22-17(21)15-14-4-2-3-13(14)10-19(15)16(20)12-7-5-11(9-18)6-8-12/h5-8,13-15H,2-4,10H2,1H3/t13-,14-,15-/m0/s1. The van der Waals surface area contributed by atoms with Crippen LogP contribution in [0.15, 0.2) is 24.3 Å². The van der Waals surface area contributed by atoms with Crippen molar-refractivity contribution >= 4 is 11.9 Å². The Morgan fingerprint density at radius 1 is 1.27 bits per heavy atom. The molecule has 22 heavy (non-hydrogen) atoms. The number of carbonyl (C=O) groups excluding carboxylic acids is 2. The number of amides is 1. The molecule has 3 rings (SSSR count). The molecule has 1 aromatic carbocycles. The minimum Gasteiger partial charge on any atom is -0.467 e. The third-order valence-electron chi connectivity index (χ3n) is 4.85. The quantitative estimate of drug-likeness (QED) is 0.783. The lowest BCUT2D eigenvalue weighted by molar-refractivity contribution is -0.146. The Bertz CT molecular complexity index is 632. The van der Waals surface area contributed by atoms with Crippen molar-refractivity contribution in [3.8, 4) is 6.07 Å². The van der Waals surface area contributed by atoms with Crippen LogP contribution in [0, 0.1) is 23.2 Å². The number of methoxy groups -OCH3 is 1. The number of nitriles is 1. The highest BCUT2D eigenvalue weighted by Gasteiger charge is 2.50. The summed E-state index contributed by atoms with van der Waals surface area (Å²) in [5.41, 5.74) is 1.02. The fraction of sp³-hybridized carbons (Fsp3) is 0.471. The summed E-state index contributed by atoms with van der Waals surface area (Å²) in [5, 5.41) is 8.83. The van der Waals surface area contributed by atoms with Crippen LogP contribution >= 0.6 is 0 Å². The van der Waals surface area contributed by atoms with Crippen molar-refractivity contribution in [2.24, 2.45) is 11.8 Å². The minimum absolute atomic E-state index is 0.158. The van der Waals surface area contributed by atoms with Crippen molar-refractivity contribution in [2.45, 2.75) is 25.3 Å². The van der Waals surface area contributed by atoms with Crippen molar-refractivity contribution in [3.63, 3.8) is 0 Å². The summed E-state index contributed by atoms with van der Waals surface area (Å²) < 4.78 is 4.92. The highest BCUT2D eigenvalue weighted by atomic mass is 16.5. The Morgan fingerprint density at radius 3 is 2.64 bits per heavy atom. The third kappa shape index (κ3) is 2.35.